The molecule has 0 bridgehead atoms. The van der Waals surface area contributed by atoms with Gasteiger partial charge in [0.25, 0.3) is 0 Å². The Morgan fingerprint density at radius 2 is 1.65 bits per heavy atom. The number of hydrogen-bond acceptors (Lipinski definition) is 5. The molecule has 0 saturated carbocycles. The quantitative estimate of drug-likeness (QED) is 0.458. The van der Waals surface area contributed by atoms with Crippen LogP contribution < -0.4 is 17.2 Å². The highest BCUT2D eigenvalue weighted by molar-refractivity contribution is 9.10. The van der Waals surface area contributed by atoms with Crippen molar-refractivity contribution in [3.63, 3.8) is 0 Å². The molecule has 0 fully saturated rings. The van der Waals surface area contributed by atoms with E-state index in [4.69, 9.17) is 11.5 Å². The Labute approximate surface area is 130 Å². The van der Waals surface area contributed by atoms with E-state index < -0.39 is 0 Å². The van der Waals surface area contributed by atoms with Crippen LogP contribution >= 0.6 is 31.9 Å². The van der Waals surface area contributed by atoms with Gasteiger partial charge in [-0.1, -0.05) is 0 Å². The number of nitrogens with two attached hydrogens (primary N) is 2. The zero-order chi connectivity index (χ0) is 14.7. The molecule has 0 aliphatic carbocycles. The van der Waals surface area contributed by atoms with Crippen molar-refractivity contribution in [1.82, 2.24) is 19.9 Å². The second-order valence-corrected chi connectivity index (χ2v) is 5.59. The molecule has 20 heavy (non-hydrogen) atoms. The fourth-order valence-corrected chi connectivity index (χ4v) is 2.04. The molecule has 6 N–H and O–H groups in total. The van der Waals surface area contributed by atoms with E-state index in [1.54, 1.807) is 24.5 Å². The summed E-state index contributed by atoms with van der Waals surface area (Å²) in [6, 6.07) is 3.50. The van der Waals surface area contributed by atoms with Crippen LogP contribution in [0.3, 0.4) is 0 Å². The summed E-state index contributed by atoms with van der Waals surface area (Å²) in [5.74, 6) is 0.373. The number of nitrogens with zero attached hydrogens (tertiary/aromatic N) is 2. The summed E-state index contributed by atoms with van der Waals surface area (Å²) in [5, 5.41) is 0. The number of aromatic amines is 2. The van der Waals surface area contributed by atoms with Gasteiger partial charge in [-0.3, -0.25) is 4.98 Å². The van der Waals surface area contributed by atoms with Gasteiger partial charge in [0.15, 0.2) is 5.65 Å². The first kappa shape index (κ1) is 14.5. The third-order valence-corrected chi connectivity index (χ3v) is 3.12. The van der Waals surface area contributed by atoms with Gasteiger partial charge in [0.05, 0.1) is 11.2 Å². The number of fused-ring (bicyclic) bond motifs is 1. The Kier molecular flexibility index (Phi) is 4.40. The van der Waals surface area contributed by atoms with Crippen LogP contribution in [0.4, 0.5) is 11.5 Å². The van der Waals surface area contributed by atoms with Crippen molar-refractivity contribution in [2.75, 3.05) is 11.5 Å². The molecular formula is C11H10Br2N6O. The van der Waals surface area contributed by atoms with Crippen LogP contribution in [-0.4, -0.2) is 19.9 Å². The Morgan fingerprint density at radius 3 is 2.30 bits per heavy atom. The minimum Gasteiger partial charge on any atom is -0.396 e. The highest BCUT2D eigenvalue weighted by Gasteiger charge is 1.97. The van der Waals surface area contributed by atoms with Crippen LogP contribution in [0.1, 0.15) is 0 Å². The molecule has 0 aromatic carbocycles. The van der Waals surface area contributed by atoms with Crippen molar-refractivity contribution in [3.8, 4) is 0 Å². The average molecular weight is 402 g/mol. The third kappa shape index (κ3) is 3.58. The molecular weight excluding hydrogens is 392 g/mol. The first-order chi connectivity index (χ1) is 9.45. The fourth-order valence-electron chi connectivity index (χ4n) is 1.36. The molecule has 0 unspecified atom stereocenters. The normalized spacial score (nSPS) is 10.1. The standard InChI is InChI=1S/C6H4BrN3O.C5H6BrN3/c7-3-1-4-5(8-2-3)10-6(11)9-4;6-3-1-4(7)5(8)9-2-3/h1-2H,(H2,8,9,10,11);1-2H,7H2,(H2,8,9). The Balaban J connectivity index is 0.000000151. The average Bonchev–Trinajstić information content (AvgIpc) is 2.74. The van der Waals surface area contributed by atoms with Crippen molar-refractivity contribution < 1.29 is 0 Å². The molecule has 0 radical (unpaired) electrons. The van der Waals surface area contributed by atoms with Crippen LogP contribution in [0.2, 0.25) is 0 Å². The molecule has 9 heteroatoms. The van der Waals surface area contributed by atoms with Gasteiger partial charge in [-0.2, -0.15) is 0 Å². The van der Waals surface area contributed by atoms with Crippen molar-refractivity contribution in [2.24, 2.45) is 0 Å². The molecule has 0 amide bonds. The van der Waals surface area contributed by atoms with Gasteiger partial charge in [-0.15, -0.1) is 0 Å². The van der Waals surface area contributed by atoms with E-state index in [0.29, 0.717) is 22.7 Å². The molecule has 3 aromatic heterocycles. The molecule has 0 aliphatic rings. The van der Waals surface area contributed by atoms with Gasteiger partial charge in [-0.05, 0) is 44.0 Å². The number of anilines is 2. The minimum atomic E-state index is -0.231. The molecule has 0 saturated heterocycles. The van der Waals surface area contributed by atoms with Crippen molar-refractivity contribution in [1.29, 1.82) is 0 Å². The van der Waals surface area contributed by atoms with Crippen LogP contribution in [0.15, 0.2) is 38.3 Å². The van der Waals surface area contributed by atoms with E-state index in [0.717, 1.165) is 8.95 Å². The lowest BCUT2D eigenvalue weighted by Crippen LogP contribution is -1.99. The first-order valence-electron chi connectivity index (χ1n) is 5.36. The second-order valence-electron chi connectivity index (χ2n) is 3.76. The van der Waals surface area contributed by atoms with Gasteiger partial charge < -0.3 is 16.5 Å². The van der Waals surface area contributed by atoms with Gasteiger partial charge in [0.1, 0.15) is 5.82 Å². The summed E-state index contributed by atoms with van der Waals surface area (Å²) >= 11 is 6.44. The zero-order valence-corrected chi connectivity index (χ0v) is 13.2. The van der Waals surface area contributed by atoms with Gasteiger partial charge >= 0.3 is 5.69 Å². The molecule has 3 rings (SSSR count). The SMILES string of the molecule is Nc1cc(Br)cnc1N.O=c1[nH]c2cc(Br)cnc2[nH]1. The molecule has 0 spiro atoms. The Bertz CT molecular complexity index is 797. The van der Waals surface area contributed by atoms with Crippen LogP contribution in [0.25, 0.3) is 11.2 Å². The maximum Gasteiger partial charge on any atom is 0.325 e. The summed E-state index contributed by atoms with van der Waals surface area (Å²) in [6.07, 6.45) is 3.23. The van der Waals surface area contributed by atoms with E-state index in [2.05, 4.69) is 51.8 Å². The monoisotopic (exact) mass is 400 g/mol. The lowest BCUT2D eigenvalue weighted by Gasteiger charge is -1.96. The number of halogens is 2. The number of imidazole rings is 1. The Hall–Kier alpha value is -1.87. The van der Waals surface area contributed by atoms with E-state index in [1.807, 2.05) is 0 Å². The lowest BCUT2D eigenvalue weighted by atomic mass is 10.4. The van der Waals surface area contributed by atoms with Crippen LogP contribution in [-0.2, 0) is 0 Å². The highest BCUT2D eigenvalue weighted by atomic mass is 79.9. The van der Waals surface area contributed by atoms with E-state index in [9.17, 15) is 4.79 Å². The van der Waals surface area contributed by atoms with Crippen molar-refractivity contribution >= 4 is 54.5 Å². The zero-order valence-electron chi connectivity index (χ0n) is 10.0. The number of H-pyrrole nitrogens is 2. The topological polar surface area (TPSA) is 126 Å². The van der Waals surface area contributed by atoms with E-state index in [-0.39, 0.29) is 5.69 Å². The molecule has 0 atom stereocenters. The molecule has 3 heterocycles. The van der Waals surface area contributed by atoms with Gasteiger partial charge in [0, 0.05) is 21.3 Å². The Morgan fingerprint density at radius 1 is 1.00 bits per heavy atom. The predicted molar refractivity (Wildman–Crippen MR) is 85.2 cm³/mol. The predicted octanol–water partition coefficient (Wildman–Crippen LogP) is 2.02. The summed E-state index contributed by atoms with van der Waals surface area (Å²) in [6.45, 7) is 0. The first-order valence-corrected chi connectivity index (χ1v) is 6.94. The molecule has 3 aromatic rings. The summed E-state index contributed by atoms with van der Waals surface area (Å²) in [5.41, 5.74) is 12.3. The molecule has 0 aliphatic heterocycles. The highest BCUT2D eigenvalue weighted by Crippen LogP contribution is 2.16. The number of aromatic nitrogens is 4. The van der Waals surface area contributed by atoms with Crippen molar-refractivity contribution in [2.45, 2.75) is 0 Å². The van der Waals surface area contributed by atoms with Crippen LogP contribution in [0, 0.1) is 0 Å². The number of rotatable bonds is 0. The third-order valence-electron chi connectivity index (χ3n) is 2.25. The largest absolute Gasteiger partial charge is 0.396 e. The molecule has 7 nitrogen and oxygen atoms in total. The second kappa shape index (κ2) is 6.06. The number of pyridine rings is 2. The molecule has 104 valence electrons. The van der Waals surface area contributed by atoms with E-state index >= 15 is 0 Å². The minimum absolute atomic E-state index is 0.231. The summed E-state index contributed by atoms with van der Waals surface area (Å²) < 4.78 is 1.69. The summed E-state index contributed by atoms with van der Waals surface area (Å²) in [4.78, 5) is 23.6. The van der Waals surface area contributed by atoms with Crippen molar-refractivity contribution in [3.05, 3.63) is 44.0 Å². The van der Waals surface area contributed by atoms with E-state index in [1.165, 1.54) is 0 Å². The van der Waals surface area contributed by atoms with Gasteiger partial charge in [0.2, 0.25) is 0 Å². The maximum atomic E-state index is 10.7. The fraction of sp³-hybridized carbons (Fsp3) is 0. The number of nitrogen functional groups attached to an aromatic ring is 2. The summed E-state index contributed by atoms with van der Waals surface area (Å²) in [7, 11) is 0. The van der Waals surface area contributed by atoms with Crippen LogP contribution in [0.5, 0.6) is 0 Å². The maximum absolute atomic E-state index is 10.7. The number of hydrogen-bond donors (Lipinski definition) is 4. The smallest absolute Gasteiger partial charge is 0.325 e. The lowest BCUT2D eigenvalue weighted by molar-refractivity contribution is 1.20. The number of nitrogens with one attached hydrogen (secondary N) is 2. The van der Waals surface area contributed by atoms with Gasteiger partial charge in [-0.25, -0.2) is 14.8 Å².